The molecule has 3 heteroatoms. The standard InChI is InChI=1S/C16H28N2O/c1-13(2)19-15-8-6-14(7-9-15)12-18(5)16(3,4)10-11-17/h6-9,13H,10-12,17H2,1-5H3. The van der Waals surface area contributed by atoms with E-state index in [2.05, 4.69) is 37.9 Å². The fraction of sp³-hybridized carbons (Fsp3) is 0.625. The first-order valence-corrected chi connectivity index (χ1v) is 7.02. The van der Waals surface area contributed by atoms with Gasteiger partial charge in [-0.25, -0.2) is 0 Å². The predicted octanol–water partition coefficient (Wildman–Crippen LogP) is 3.03. The van der Waals surface area contributed by atoms with Gasteiger partial charge in [0.2, 0.25) is 0 Å². The Morgan fingerprint density at radius 3 is 2.26 bits per heavy atom. The number of hydrogen-bond acceptors (Lipinski definition) is 3. The minimum Gasteiger partial charge on any atom is -0.491 e. The lowest BCUT2D eigenvalue weighted by Gasteiger charge is -2.35. The molecule has 0 unspecified atom stereocenters. The first kappa shape index (κ1) is 16.0. The molecule has 0 aromatic heterocycles. The summed E-state index contributed by atoms with van der Waals surface area (Å²) in [6.07, 6.45) is 1.22. The Morgan fingerprint density at radius 1 is 1.21 bits per heavy atom. The van der Waals surface area contributed by atoms with E-state index in [0.29, 0.717) is 0 Å². The molecule has 0 saturated heterocycles. The van der Waals surface area contributed by atoms with Crippen LogP contribution in [-0.2, 0) is 6.54 Å². The quantitative estimate of drug-likeness (QED) is 0.822. The summed E-state index contributed by atoms with van der Waals surface area (Å²) in [4.78, 5) is 2.35. The van der Waals surface area contributed by atoms with Gasteiger partial charge in [-0.2, -0.15) is 0 Å². The molecule has 108 valence electrons. The lowest BCUT2D eigenvalue weighted by molar-refractivity contribution is 0.140. The van der Waals surface area contributed by atoms with Crippen LogP contribution in [0.1, 0.15) is 39.7 Å². The highest BCUT2D eigenvalue weighted by Crippen LogP contribution is 2.20. The van der Waals surface area contributed by atoms with Crippen LogP contribution in [0.2, 0.25) is 0 Å². The van der Waals surface area contributed by atoms with Gasteiger partial charge in [0.25, 0.3) is 0 Å². The lowest BCUT2D eigenvalue weighted by atomic mass is 9.98. The van der Waals surface area contributed by atoms with Gasteiger partial charge < -0.3 is 10.5 Å². The molecule has 1 aromatic rings. The SMILES string of the molecule is CC(C)Oc1ccc(CN(C)C(C)(C)CCN)cc1. The smallest absolute Gasteiger partial charge is 0.119 e. The number of benzene rings is 1. The van der Waals surface area contributed by atoms with Gasteiger partial charge in [0.05, 0.1) is 6.10 Å². The monoisotopic (exact) mass is 264 g/mol. The average Bonchev–Trinajstić information content (AvgIpc) is 2.30. The van der Waals surface area contributed by atoms with Gasteiger partial charge in [-0.05, 0) is 65.4 Å². The third kappa shape index (κ3) is 5.21. The molecule has 0 aliphatic carbocycles. The van der Waals surface area contributed by atoms with Crippen LogP contribution in [-0.4, -0.2) is 30.1 Å². The van der Waals surface area contributed by atoms with Gasteiger partial charge in [0, 0.05) is 12.1 Å². The van der Waals surface area contributed by atoms with Gasteiger partial charge in [-0.15, -0.1) is 0 Å². The predicted molar refractivity (Wildman–Crippen MR) is 81.4 cm³/mol. The number of nitrogens with zero attached hydrogens (tertiary/aromatic N) is 1. The van der Waals surface area contributed by atoms with Crippen molar-refractivity contribution in [3.05, 3.63) is 29.8 Å². The molecule has 2 N–H and O–H groups in total. The molecule has 0 aliphatic heterocycles. The molecule has 0 aliphatic rings. The van der Waals surface area contributed by atoms with Gasteiger partial charge in [0.1, 0.15) is 5.75 Å². The topological polar surface area (TPSA) is 38.5 Å². The molecule has 3 nitrogen and oxygen atoms in total. The summed E-state index contributed by atoms with van der Waals surface area (Å²) in [5.41, 5.74) is 7.09. The second-order valence-electron chi connectivity index (χ2n) is 6.02. The van der Waals surface area contributed by atoms with Gasteiger partial charge in [-0.1, -0.05) is 12.1 Å². The summed E-state index contributed by atoms with van der Waals surface area (Å²) in [7, 11) is 2.15. The molecule has 0 radical (unpaired) electrons. The van der Waals surface area contributed by atoms with E-state index in [0.717, 1.165) is 25.3 Å². The first-order chi connectivity index (χ1) is 8.85. The summed E-state index contributed by atoms with van der Waals surface area (Å²) in [6, 6.07) is 8.34. The second-order valence-corrected chi connectivity index (χ2v) is 6.02. The van der Waals surface area contributed by atoms with E-state index in [4.69, 9.17) is 10.5 Å². The Morgan fingerprint density at radius 2 is 1.79 bits per heavy atom. The number of nitrogens with two attached hydrogens (primary N) is 1. The average molecular weight is 264 g/mol. The van der Waals surface area contributed by atoms with E-state index in [1.165, 1.54) is 5.56 Å². The van der Waals surface area contributed by atoms with Crippen molar-refractivity contribution >= 4 is 0 Å². The van der Waals surface area contributed by atoms with Crippen LogP contribution in [0.25, 0.3) is 0 Å². The van der Waals surface area contributed by atoms with E-state index in [1.807, 2.05) is 26.0 Å². The van der Waals surface area contributed by atoms with E-state index in [-0.39, 0.29) is 11.6 Å². The Hall–Kier alpha value is -1.06. The zero-order valence-corrected chi connectivity index (χ0v) is 12.9. The highest BCUT2D eigenvalue weighted by molar-refractivity contribution is 5.27. The largest absolute Gasteiger partial charge is 0.491 e. The summed E-state index contributed by atoms with van der Waals surface area (Å²) < 4.78 is 5.65. The molecule has 0 fully saturated rings. The molecule has 1 rings (SSSR count). The molecular formula is C16H28N2O. The molecule has 0 saturated carbocycles. The molecule has 0 heterocycles. The fourth-order valence-corrected chi connectivity index (χ4v) is 1.98. The second kappa shape index (κ2) is 6.92. The van der Waals surface area contributed by atoms with Gasteiger partial charge >= 0.3 is 0 Å². The molecule has 19 heavy (non-hydrogen) atoms. The molecule has 1 aromatic carbocycles. The van der Waals surface area contributed by atoms with Gasteiger partial charge in [0.15, 0.2) is 0 Å². The summed E-state index contributed by atoms with van der Waals surface area (Å²) in [5.74, 6) is 0.933. The van der Waals surface area contributed by atoms with Crippen molar-refractivity contribution < 1.29 is 4.74 Å². The third-order valence-corrected chi connectivity index (χ3v) is 3.50. The van der Waals surface area contributed by atoms with Crippen LogP contribution in [0.5, 0.6) is 5.75 Å². The van der Waals surface area contributed by atoms with Crippen molar-refractivity contribution in [2.75, 3.05) is 13.6 Å². The molecular weight excluding hydrogens is 236 g/mol. The number of rotatable bonds is 7. The maximum Gasteiger partial charge on any atom is 0.119 e. The third-order valence-electron chi connectivity index (χ3n) is 3.50. The van der Waals surface area contributed by atoms with Crippen molar-refractivity contribution in [1.29, 1.82) is 0 Å². The van der Waals surface area contributed by atoms with E-state index in [9.17, 15) is 0 Å². The number of hydrogen-bond donors (Lipinski definition) is 1. The number of ether oxygens (including phenoxy) is 1. The minimum atomic E-state index is 0.127. The van der Waals surface area contributed by atoms with Crippen molar-refractivity contribution in [3.8, 4) is 5.75 Å². The molecule has 0 bridgehead atoms. The highest BCUT2D eigenvalue weighted by Gasteiger charge is 2.22. The highest BCUT2D eigenvalue weighted by atomic mass is 16.5. The van der Waals surface area contributed by atoms with Crippen molar-refractivity contribution in [3.63, 3.8) is 0 Å². The Balaban J connectivity index is 2.62. The Bertz CT molecular complexity index is 371. The van der Waals surface area contributed by atoms with Crippen LogP contribution >= 0.6 is 0 Å². The molecule has 0 amide bonds. The van der Waals surface area contributed by atoms with Crippen molar-refractivity contribution in [2.24, 2.45) is 5.73 Å². The van der Waals surface area contributed by atoms with E-state index < -0.39 is 0 Å². The maximum atomic E-state index is 5.67. The molecule has 0 atom stereocenters. The zero-order chi connectivity index (χ0) is 14.5. The summed E-state index contributed by atoms with van der Waals surface area (Å²) >= 11 is 0. The Kier molecular flexibility index (Phi) is 5.83. The van der Waals surface area contributed by atoms with Crippen LogP contribution < -0.4 is 10.5 Å². The first-order valence-electron chi connectivity index (χ1n) is 7.02. The summed E-state index contributed by atoms with van der Waals surface area (Å²) in [5, 5.41) is 0. The molecule has 0 spiro atoms. The van der Waals surface area contributed by atoms with Gasteiger partial charge in [-0.3, -0.25) is 4.90 Å². The van der Waals surface area contributed by atoms with Crippen LogP contribution in [0.3, 0.4) is 0 Å². The van der Waals surface area contributed by atoms with Crippen LogP contribution in [0, 0.1) is 0 Å². The summed E-state index contributed by atoms with van der Waals surface area (Å²) in [6.45, 7) is 10.2. The van der Waals surface area contributed by atoms with E-state index >= 15 is 0 Å². The van der Waals surface area contributed by atoms with Crippen LogP contribution in [0.4, 0.5) is 0 Å². The minimum absolute atomic E-state index is 0.127. The van der Waals surface area contributed by atoms with E-state index in [1.54, 1.807) is 0 Å². The van der Waals surface area contributed by atoms with Crippen molar-refractivity contribution in [1.82, 2.24) is 4.90 Å². The lowest BCUT2D eigenvalue weighted by Crippen LogP contribution is -2.42. The maximum absolute atomic E-state index is 5.67. The Labute approximate surface area is 117 Å². The van der Waals surface area contributed by atoms with Crippen molar-refractivity contribution in [2.45, 2.75) is 52.3 Å². The zero-order valence-electron chi connectivity index (χ0n) is 12.9. The van der Waals surface area contributed by atoms with Crippen LogP contribution in [0.15, 0.2) is 24.3 Å². The normalized spacial score (nSPS) is 12.2. The fourth-order valence-electron chi connectivity index (χ4n) is 1.98.